The summed E-state index contributed by atoms with van der Waals surface area (Å²) in [5.41, 5.74) is 3.53. The summed E-state index contributed by atoms with van der Waals surface area (Å²) in [6.07, 6.45) is 0.0925. The Morgan fingerprint density at radius 2 is 1.42 bits per heavy atom. The van der Waals surface area contributed by atoms with Gasteiger partial charge in [-0.2, -0.15) is 0 Å². The average Bonchev–Trinajstić information content (AvgIpc) is 2.84. The Hall–Kier alpha value is -4.17. The smallest absolute Gasteiger partial charge is 0.326 e. The van der Waals surface area contributed by atoms with Crippen molar-refractivity contribution in [3.63, 3.8) is 0 Å². The molecule has 8 nitrogen and oxygen atoms in total. The first-order valence-electron chi connectivity index (χ1n) is 11.1. The summed E-state index contributed by atoms with van der Waals surface area (Å²) in [5.74, 6) is -3.11. The number of nitrogens with zero attached hydrogens (tertiary/aromatic N) is 1. The molecule has 0 spiro atoms. The van der Waals surface area contributed by atoms with Gasteiger partial charge in [-0.15, -0.1) is 0 Å². The van der Waals surface area contributed by atoms with Gasteiger partial charge in [0, 0.05) is 19.9 Å². The van der Waals surface area contributed by atoms with Gasteiger partial charge >= 0.3 is 11.9 Å². The molecule has 3 rings (SSSR count). The maximum Gasteiger partial charge on any atom is 0.326 e. The summed E-state index contributed by atoms with van der Waals surface area (Å²) in [7, 11) is 0. The van der Waals surface area contributed by atoms with Gasteiger partial charge in [-0.05, 0) is 34.4 Å². The zero-order valence-corrected chi connectivity index (χ0v) is 20.2. The summed E-state index contributed by atoms with van der Waals surface area (Å²) in [6, 6.07) is 20.0. The van der Waals surface area contributed by atoms with Crippen LogP contribution >= 0.6 is 11.6 Å². The molecule has 3 aromatic rings. The van der Waals surface area contributed by atoms with Crippen LogP contribution in [-0.4, -0.2) is 51.5 Å². The van der Waals surface area contributed by atoms with Gasteiger partial charge in [0.15, 0.2) is 0 Å². The van der Waals surface area contributed by atoms with Crippen molar-refractivity contribution in [2.45, 2.75) is 25.9 Å². The van der Waals surface area contributed by atoms with Crippen LogP contribution in [0.25, 0.3) is 11.1 Å². The van der Waals surface area contributed by atoms with E-state index in [0.29, 0.717) is 0 Å². The van der Waals surface area contributed by atoms with Gasteiger partial charge in [-0.1, -0.05) is 72.3 Å². The van der Waals surface area contributed by atoms with Crippen LogP contribution in [0.5, 0.6) is 0 Å². The Bertz CT molecular complexity index is 1260. The second-order valence-corrected chi connectivity index (χ2v) is 8.62. The summed E-state index contributed by atoms with van der Waals surface area (Å²) < 4.78 is 0. The zero-order chi connectivity index (χ0) is 26.2. The number of aliphatic carboxylic acids is 2. The highest BCUT2D eigenvalue weighted by molar-refractivity contribution is 6.33. The van der Waals surface area contributed by atoms with Crippen molar-refractivity contribution in [2.75, 3.05) is 6.54 Å². The van der Waals surface area contributed by atoms with Crippen molar-refractivity contribution in [1.29, 1.82) is 0 Å². The second kappa shape index (κ2) is 12.0. The van der Waals surface area contributed by atoms with Crippen molar-refractivity contribution >= 4 is 35.4 Å². The summed E-state index contributed by atoms with van der Waals surface area (Å²) in [5, 5.41) is 21.3. The Labute approximate surface area is 213 Å². The molecule has 36 heavy (non-hydrogen) atoms. The quantitative estimate of drug-likeness (QED) is 0.382. The Balaban J connectivity index is 1.66. The Morgan fingerprint density at radius 3 is 1.92 bits per heavy atom. The van der Waals surface area contributed by atoms with Gasteiger partial charge in [0.2, 0.25) is 5.91 Å². The summed E-state index contributed by atoms with van der Waals surface area (Å²) >= 11 is 6.04. The number of halogens is 1. The van der Waals surface area contributed by atoms with Crippen molar-refractivity contribution in [3.8, 4) is 11.1 Å². The minimum absolute atomic E-state index is 0.0925. The number of carboxylic acids is 2. The van der Waals surface area contributed by atoms with Gasteiger partial charge < -0.3 is 20.4 Å². The van der Waals surface area contributed by atoms with Gasteiger partial charge in [0.25, 0.3) is 5.91 Å². The van der Waals surface area contributed by atoms with Crippen LogP contribution in [0.4, 0.5) is 0 Å². The van der Waals surface area contributed by atoms with Gasteiger partial charge in [0.05, 0.1) is 10.6 Å². The molecular formula is C27H25ClN2O6. The molecule has 0 fully saturated rings. The third kappa shape index (κ3) is 7.16. The topological polar surface area (TPSA) is 124 Å². The van der Waals surface area contributed by atoms with E-state index in [9.17, 15) is 24.3 Å². The fraction of sp³-hybridized carbons (Fsp3) is 0.185. The van der Waals surface area contributed by atoms with E-state index in [4.69, 9.17) is 16.7 Å². The maximum absolute atomic E-state index is 12.5. The lowest BCUT2D eigenvalue weighted by molar-refractivity contribution is -0.144. The highest BCUT2D eigenvalue weighted by Crippen LogP contribution is 2.22. The molecule has 1 unspecified atom stereocenters. The molecule has 0 aliphatic heterocycles. The molecule has 0 radical (unpaired) electrons. The van der Waals surface area contributed by atoms with Crippen molar-refractivity contribution in [3.05, 3.63) is 94.5 Å². The summed E-state index contributed by atoms with van der Waals surface area (Å²) in [6.45, 7) is 1.15. The van der Waals surface area contributed by atoms with E-state index >= 15 is 0 Å². The van der Waals surface area contributed by atoms with E-state index in [-0.39, 0.29) is 36.0 Å². The molecule has 0 bridgehead atoms. The van der Waals surface area contributed by atoms with Gasteiger partial charge in [-0.25, -0.2) is 4.79 Å². The van der Waals surface area contributed by atoms with E-state index in [2.05, 4.69) is 5.32 Å². The standard InChI is InChI=1S/C27H25ClN2O6/c1-17(31)30(16-25(32)33)15-19-8-12-21(13-9-19)20-10-6-18(7-11-20)14-24(27(35)36)29-26(34)22-4-2-3-5-23(22)28/h2-13,24H,14-16H2,1H3,(H,29,34)(H,32,33)(H,35,36). The third-order valence-electron chi connectivity index (χ3n) is 5.55. The molecule has 0 heterocycles. The number of rotatable bonds is 10. The van der Waals surface area contributed by atoms with E-state index in [0.717, 1.165) is 22.3 Å². The number of hydrogen-bond acceptors (Lipinski definition) is 4. The first-order chi connectivity index (χ1) is 17.1. The fourth-order valence-electron chi connectivity index (χ4n) is 3.62. The molecular weight excluding hydrogens is 484 g/mol. The number of nitrogens with one attached hydrogen (secondary N) is 1. The van der Waals surface area contributed by atoms with Crippen molar-refractivity contribution in [1.82, 2.24) is 10.2 Å². The van der Waals surface area contributed by atoms with E-state index in [1.54, 1.807) is 30.3 Å². The number of benzene rings is 3. The number of carbonyl (C=O) groups is 4. The summed E-state index contributed by atoms with van der Waals surface area (Å²) in [4.78, 5) is 48.1. The average molecular weight is 509 g/mol. The SMILES string of the molecule is CC(=O)N(CC(=O)O)Cc1ccc(-c2ccc(CC(NC(=O)c3ccccc3Cl)C(=O)O)cc2)cc1. The molecule has 0 aromatic heterocycles. The minimum Gasteiger partial charge on any atom is -0.480 e. The highest BCUT2D eigenvalue weighted by atomic mass is 35.5. The molecule has 186 valence electrons. The van der Waals surface area contributed by atoms with Crippen LogP contribution in [0.3, 0.4) is 0 Å². The Morgan fingerprint density at radius 1 is 0.861 bits per heavy atom. The first kappa shape index (κ1) is 26.4. The van der Waals surface area contributed by atoms with Crippen molar-refractivity contribution < 1.29 is 29.4 Å². The van der Waals surface area contributed by atoms with Crippen LogP contribution in [0.1, 0.15) is 28.4 Å². The predicted molar refractivity (Wildman–Crippen MR) is 135 cm³/mol. The third-order valence-corrected chi connectivity index (χ3v) is 5.88. The number of amides is 2. The van der Waals surface area contributed by atoms with Crippen molar-refractivity contribution in [2.24, 2.45) is 0 Å². The number of hydrogen-bond donors (Lipinski definition) is 3. The van der Waals surface area contributed by atoms with Crippen LogP contribution in [-0.2, 0) is 27.3 Å². The first-order valence-corrected chi connectivity index (χ1v) is 11.5. The molecule has 9 heteroatoms. The van der Waals surface area contributed by atoms with E-state index in [1.165, 1.54) is 17.9 Å². The zero-order valence-electron chi connectivity index (χ0n) is 19.5. The highest BCUT2D eigenvalue weighted by Gasteiger charge is 2.22. The molecule has 3 aromatic carbocycles. The lowest BCUT2D eigenvalue weighted by atomic mass is 9.99. The molecule has 0 saturated heterocycles. The number of carbonyl (C=O) groups excluding carboxylic acids is 2. The fourth-order valence-corrected chi connectivity index (χ4v) is 3.84. The van der Waals surface area contributed by atoms with Gasteiger partial charge in [0.1, 0.15) is 12.6 Å². The monoisotopic (exact) mass is 508 g/mol. The van der Waals surface area contributed by atoms with Crippen LogP contribution in [0.15, 0.2) is 72.8 Å². The Kier molecular flexibility index (Phi) is 8.81. The second-order valence-electron chi connectivity index (χ2n) is 8.21. The van der Waals surface area contributed by atoms with E-state index in [1.807, 2.05) is 36.4 Å². The predicted octanol–water partition coefficient (Wildman–Crippen LogP) is 3.87. The normalized spacial score (nSPS) is 11.4. The minimum atomic E-state index is -1.16. The van der Waals surface area contributed by atoms with Gasteiger partial charge in [-0.3, -0.25) is 14.4 Å². The van der Waals surface area contributed by atoms with Crippen LogP contribution in [0.2, 0.25) is 5.02 Å². The lowest BCUT2D eigenvalue weighted by Gasteiger charge is -2.19. The molecule has 0 saturated carbocycles. The molecule has 3 N–H and O–H groups in total. The largest absolute Gasteiger partial charge is 0.480 e. The maximum atomic E-state index is 12.5. The van der Waals surface area contributed by atoms with E-state index < -0.39 is 23.9 Å². The van der Waals surface area contributed by atoms with Crippen LogP contribution in [0, 0.1) is 0 Å². The lowest BCUT2D eigenvalue weighted by Crippen LogP contribution is -2.42. The molecule has 2 amide bonds. The number of carboxylic acid groups (broad SMARTS) is 2. The van der Waals surface area contributed by atoms with Crippen LogP contribution < -0.4 is 5.32 Å². The molecule has 1 atom stereocenters. The molecule has 0 aliphatic carbocycles. The molecule has 0 aliphatic rings.